The van der Waals surface area contributed by atoms with Crippen molar-refractivity contribution in [3.05, 3.63) is 0 Å². The average molecular weight is 228 g/mol. The van der Waals surface area contributed by atoms with Crippen molar-refractivity contribution < 1.29 is 0 Å². The number of nitrogens with one attached hydrogen (secondary N) is 1. The molecule has 2 atom stereocenters. The van der Waals surface area contributed by atoms with Crippen LogP contribution < -0.4 is 5.32 Å². The molecule has 16 heavy (non-hydrogen) atoms. The van der Waals surface area contributed by atoms with E-state index in [9.17, 15) is 0 Å². The SMILES string of the molecule is CCCNCC(CC)N(C)C(C)CC(C)C. The van der Waals surface area contributed by atoms with Crippen LogP contribution in [-0.4, -0.2) is 37.1 Å². The zero-order valence-corrected chi connectivity index (χ0v) is 12.2. The zero-order valence-electron chi connectivity index (χ0n) is 12.2. The van der Waals surface area contributed by atoms with Crippen LogP contribution in [0.4, 0.5) is 0 Å². The first-order valence-electron chi connectivity index (χ1n) is 6.95. The van der Waals surface area contributed by atoms with Crippen molar-refractivity contribution in [1.82, 2.24) is 10.2 Å². The molecule has 0 saturated carbocycles. The molecule has 98 valence electrons. The van der Waals surface area contributed by atoms with E-state index in [2.05, 4.69) is 51.9 Å². The molecule has 0 fully saturated rings. The van der Waals surface area contributed by atoms with Gasteiger partial charge in [-0.1, -0.05) is 27.7 Å². The predicted molar refractivity (Wildman–Crippen MR) is 73.9 cm³/mol. The van der Waals surface area contributed by atoms with Gasteiger partial charge < -0.3 is 5.32 Å². The average Bonchev–Trinajstić information content (AvgIpc) is 2.22. The van der Waals surface area contributed by atoms with Crippen molar-refractivity contribution in [2.75, 3.05) is 20.1 Å². The van der Waals surface area contributed by atoms with E-state index in [1.54, 1.807) is 0 Å². The highest BCUT2D eigenvalue weighted by Gasteiger charge is 2.18. The van der Waals surface area contributed by atoms with Crippen LogP contribution in [0, 0.1) is 5.92 Å². The van der Waals surface area contributed by atoms with E-state index < -0.39 is 0 Å². The smallest absolute Gasteiger partial charge is 0.0217 e. The maximum Gasteiger partial charge on any atom is 0.0217 e. The second-order valence-electron chi connectivity index (χ2n) is 5.41. The molecule has 0 spiro atoms. The minimum absolute atomic E-state index is 0.681. The topological polar surface area (TPSA) is 15.3 Å². The highest BCUT2D eigenvalue weighted by molar-refractivity contribution is 4.75. The van der Waals surface area contributed by atoms with Crippen molar-refractivity contribution in [3.8, 4) is 0 Å². The zero-order chi connectivity index (χ0) is 12.6. The second kappa shape index (κ2) is 9.00. The van der Waals surface area contributed by atoms with E-state index in [0.717, 1.165) is 19.0 Å². The van der Waals surface area contributed by atoms with E-state index in [0.29, 0.717) is 12.1 Å². The Morgan fingerprint density at radius 1 is 1.12 bits per heavy atom. The number of hydrogen-bond acceptors (Lipinski definition) is 2. The molecule has 0 aromatic carbocycles. The number of rotatable bonds is 9. The van der Waals surface area contributed by atoms with Gasteiger partial charge in [-0.15, -0.1) is 0 Å². The molecule has 0 aromatic rings. The molecule has 0 aliphatic heterocycles. The Kier molecular flexibility index (Phi) is 8.96. The lowest BCUT2D eigenvalue weighted by Gasteiger charge is -2.33. The molecule has 0 saturated heterocycles. The van der Waals surface area contributed by atoms with Crippen molar-refractivity contribution in [1.29, 1.82) is 0 Å². The van der Waals surface area contributed by atoms with Crippen LogP contribution in [0.2, 0.25) is 0 Å². The van der Waals surface area contributed by atoms with E-state index >= 15 is 0 Å². The van der Waals surface area contributed by atoms with Crippen LogP contribution in [0.5, 0.6) is 0 Å². The quantitative estimate of drug-likeness (QED) is 0.610. The van der Waals surface area contributed by atoms with E-state index in [4.69, 9.17) is 0 Å². The third-order valence-electron chi connectivity index (χ3n) is 3.36. The van der Waals surface area contributed by atoms with Crippen LogP contribution >= 0.6 is 0 Å². The Balaban J connectivity index is 4.02. The summed E-state index contributed by atoms with van der Waals surface area (Å²) in [6.07, 6.45) is 3.75. The first kappa shape index (κ1) is 15.9. The van der Waals surface area contributed by atoms with Crippen LogP contribution in [0.3, 0.4) is 0 Å². The molecule has 0 aliphatic rings. The number of nitrogens with zero attached hydrogens (tertiary/aromatic N) is 1. The Labute approximate surface area is 103 Å². The Bertz CT molecular complexity index is 157. The summed E-state index contributed by atoms with van der Waals surface area (Å²) in [5.41, 5.74) is 0. The van der Waals surface area contributed by atoms with Gasteiger partial charge in [0.05, 0.1) is 0 Å². The van der Waals surface area contributed by atoms with Gasteiger partial charge >= 0.3 is 0 Å². The molecule has 0 radical (unpaired) electrons. The lowest BCUT2D eigenvalue weighted by molar-refractivity contribution is 0.157. The van der Waals surface area contributed by atoms with Gasteiger partial charge in [-0.2, -0.15) is 0 Å². The minimum Gasteiger partial charge on any atom is -0.315 e. The summed E-state index contributed by atoms with van der Waals surface area (Å²) in [4.78, 5) is 2.54. The summed E-state index contributed by atoms with van der Waals surface area (Å²) in [5, 5.41) is 3.53. The fraction of sp³-hybridized carbons (Fsp3) is 1.00. The van der Waals surface area contributed by atoms with Crippen LogP contribution in [0.25, 0.3) is 0 Å². The summed E-state index contributed by atoms with van der Waals surface area (Å²) in [7, 11) is 2.27. The minimum atomic E-state index is 0.681. The number of hydrogen-bond donors (Lipinski definition) is 1. The summed E-state index contributed by atoms with van der Waals surface area (Å²) < 4.78 is 0. The van der Waals surface area contributed by atoms with Gasteiger partial charge in [0.1, 0.15) is 0 Å². The van der Waals surface area contributed by atoms with Gasteiger partial charge in [0.15, 0.2) is 0 Å². The highest BCUT2D eigenvalue weighted by Crippen LogP contribution is 2.13. The summed E-state index contributed by atoms with van der Waals surface area (Å²) in [6, 6.07) is 1.37. The third kappa shape index (κ3) is 6.49. The van der Waals surface area contributed by atoms with Gasteiger partial charge in [0.2, 0.25) is 0 Å². The van der Waals surface area contributed by atoms with Crippen molar-refractivity contribution >= 4 is 0 Å². The normalized spacial score (nSPS) is 15.8. The van der Waals surface area contributed by atoms with E-state index in [-0.39, 0.29) is 0 Å². The third-order valence-corrected chi connectivity index (χ3v) is 3.36. The molecule has 0 rings (SSSR count). The molecular formula is C14H32N2. The van der Waals surface area contributed by atoms with Gasteiger partial charge in [-0.25, -0.2) is 0 Å². The van der Waals surface area contributed by atoms with Gasteiger partial charge in [0.25, 0.3) is 0 Å². The van der Waals surface area contributed by atoms with Gasteiger partial charge in [-0.05, 0) is 45.7 Å². The molecule has 2 unspecified atom stereocenters. The lowest BCUT2D eigenvalue weighted by atomic mass is 10.0. The maximum atomic E-state index is 3.53. The summed E-state index contributed by atoms with van der Waals surface area (Å²) in [6.45, 7) is 13.7. The fourth-order valence-corrected chi connectivity index (χ4v) is 2.23. The van der Waals surface area contributed by atoms with Crippen molar-refractivity contribution in [2.24, 2.45) is 5.92 Å². The molecule has 1 N–H and O–H groups in total. The fourth-order valence-electron chi connectivity index (χ4n) is 2.23. The molecule has 2 heteroatoms. The second-order valence-corrected chi connectivity index (χ2v) is 5.41. The molecule has 0 amide bonds. The molecular weight excluding hydrogens is 196 g/mol. The largest absolute Gasteiger partial charge is 0.315 e. The predicted octanol–water partition coefficient (Wildman–Crippen LogP) is 3.13. The lowest BCUT2D eigenvalue weighted by Crippen LogP contribution is -2.44. The molecule has 2 nitrogen and oxygen atoms in total. The van der Waals surface area contributed by atoms with Gasteiger partial charge in [0, 0.05) is 18.6 Å². The van der Waals surface area contributed by atoms with E-state index in [1.165, 1.54) is 19.3 Å². The molecule has 0 aromatic heterocycles. The van der Waals surface area contributed by atoms with Gasteiger partial charge in [-0.3, -0.25) is 4.90 Å². The van der Waals surface area contributed by atoms with Crippen molar-refractivity contribution in [3.63, 3.8) is 0 Å². The van der Waals surface area contributed by atoms with Crippen LogP contribution in [-0.2, 0) is 0 Å². The molecule has 0 heterocycles. The Hall–Kier alpha value is -0.0800. The number of likely N-dealkylation sites (N-methyl/N-ethyl adjacent to an activating group) is 1. The van der Waals surface area contributed by atoms with E-state index in [1.807, 2.05) is 0 Å². The Morgan fingerprint density at radius 2 is 1.75 bits per heavy atom. The monoisotopic (exact) mass is 228 g/mol. The molecule has 0 aliphatic carbocycles. The van der Waals surface area contributed by atoms with Crippen molar-refractivity contribution in [2.45, 2.75) is 66.0 Å². The standard InChI is InChI=1S/C14H32N2/c1-7-9-15-11-14(8-2)16(6)13(5)10-12(3)4/h12-15H,7-11H2,1-6H3. The first-order valence-corrected chi connectivity index (χ1v) is 6.95. The van der Waals surface area contributed by atoms with Crippen LogP contribution in [0.15, 0.2) is 0 Å². The summed E-state index contributed by atoms with van der Waals surface area (Å²) >= 11 is 0. The Morgan fingerprint density at radius 3 is 2.19 bits per heavy atom. The first-order chi connectivity index (χ1) is 7.52. The van der Waals surface area contributed by atoms with Crippen LogP contribution in [0.1, 0.15) is 53.9 Å². The molecule has 0 bridgehead atoms. The highest BCUT2D eigenvalue weighted by atomic mass is 15.2. The maximum absolute atomic E-state index is 3.53. The summed E-state index contributed by atoms with van der Waals surface area (Å²) in [5.74, 6) is 0.790.